The van der Waals surface area contributed by atoms with Gasteiger partial charge in [-0.1, -0.05) is 35.9 Å². The van der Waals surface area contributed by atoms with Crippen molar-refractivity contribution in [1.82, 2.24) is 9.78 Å². The van der Waals surface area contributed by atoms with Crippen LogP contribution in [0.2, 0.25) is 0 Å². The molecule has 112 valence electrons. The molecule has 0 amide bonds. The van der Waals surface area contributed by atoms with Crippen LogP contribution in [0.25, 0.3) is 16.9 Å². The number of benzene rings is 2. The van der Waals surface area contributed by atoms with Crippen molar-refractivity contribution in [3.8, 4) is 16.9 Å². The smallest absolute Gasteiger partial charge is 0.0771 e. The Bertz CT molecular complexity index is 798. The van der Waals surface area contributed by atoms with Crippen molar-refractivity contribution in [3.63, 3.8) is 0 Å². The molecule has 1 heterocycles. The molecule has 0 aliphatic carbocycles. The first-order valence-electron chi connectivity index (χ1n) is 7.52. The molecule has 0 atom stereocenters. The number of nitrogens with zero attached hydrogens (tertiary/aromatic N) is 2. The van der Waals surface area contributed by atoms with Gasteiger partial charge in [0.1, 0.15) is 0 Å². The second-order valence-electron chi connectivity index (χ2n) is 5.77. The van der Waals surface area contributed by atoms with Crippen LogP contribution >= 0.6 is 0 Å². The summed E-state index contributed by atoms with van der Waals surface area (Å²) < 4.78 is 1.99. The van der Waals surface area contributed by atoms with Crippen molar-refractivity contribution in [2.75, 3.05) is 0 Å². The van der Waals surface area contributed by atoms with E-state index in [0.29, 0.717) is 6.54 Å². The lowest BCUT2D eigenvalue weighted by Gasteiger charge is -2.10. The van der Waals surface area contributed by atoms with Crippen molar-refractivity contribution < 1.29 is 0 Å². The van der Waals surface area contributed by atoms with Crippen LogP contribution in [-0.4, -0.2) is 9.78 Å². The van der Waals surface area contributed by atoms with Crippen LogP contribution in [0.4, 0.5) is 0 Å². The maximum absolute atomic E-state index is 5.79. The van der Waals surface area contributed by atoms with Crippen molar-refractivity contribution in [3.05, 3.63) is 70.9 Å². The van der Waals surface area contributed by atoms with Crippen molar-refractivity contribution in [2.24, 2.45) is 5.73 Å². The molecule has 0 saturated carbocycles. The fourth-order valence-electron chi connectivity index (χ4n) is 2.51. The van der Waals surface area contributed by atoms with Gasteiger partial charge in [-0.05, 0) is 50.1 Å². The van der Waals surface area contributed by atoms with Gasteiger partial charge in [-0.15, -0.1) is 0 Å². The Morgan fingerprint density at radius 3 is 2.27 bits per heavy atom. The molecule has 1 aromatic heterocycles. The van der Waals surface area contributed by atoms with E-state index in [0.717, 1.165) is 22.6 Å². The van der Waals surface area contributed by atoms with E-state index in [9.17, 15) is 0 Å². The minimum Gasteiger partial charge on any atom is -0.325 e. The van der Waals surface area contributed by atoms with Gasteiger partial charge in [-0.3, -0.25) is 0 Å². The molecule has 3 heteroatoms. The molecule has 0 fully saturated rings. The Morgan fingerprint density at radius 2 is 1.64 bits per heavy atom. The molecule has 0 unspecified atom stereocenters. The SMILES string of the molecule is Cc1ccc(-c2cc(CN)nn2-c2ccc(C)c(C)c2)cc1. The fourth-order valence-corrected chi connectivity index (χ4v) is 2.51. The highest BCUT2D eigenvalue weighted by Gasteiger charge is 2.11. The van der Waals surface area contributed by atoms with Gasteiger partial charge < -0.3 is 5.73 Å². The lowest BCUT2D eigenvalue weighted by molar-refractivity contribution is 0.837. The zero-order valence-electron chi connectivity index (χ0n) is 13.3. The van der Waals surface area contributed by atoms with Crippen molar-refractivity contribution in [2.45, 2.75) is 27.3 Å². The standard InChI is InChI=1S/C19H21N3/c1-13-4-7-16(8-5-13)19-11-17(12-20)21-22(19)18-9-6-14(2)15(3)10-18/h4-11H,12,20H2,1-3H3. The van der Waals surface area contributed by atoms with Gasteiger partial charge in [0.05, 0.1) is 17.1 Å². The van der Waals surface area contributed by atoms with Crippen LogP contribution in [0.3, 0.4) is 0 Å². The summed E-state index contributed by atoms with van der Waals surface area (Å²) in [5.41, 5.74) is 13.8. The Morgan fingerprint density at radius 1 is 0.909 bits per heavy atom. The summed E-state index contributed by atoms with van der Waals surface area (Å²) in [5, 5.41) is 4.66. The number of nitrogens with two attached hydrogens (primary N) is 1. The molecule has 3 rings (SSSR count). The zero-order valence-corrected chi connectivity index (χ0v) is 13.3. The first kappa shape index (κ1) is 14.5. The molecule has 2 aromatic carbocycles. The van der Waals surface area contributed by atoms with E-state index >= 15 is 0 Å². The fraction of sp³-hybridized carbons (Fsp3) is 0.211. The van der Waals surface area contributed by atoms with Crippen LogP contribution in [-0.2, 0) is 6.54 Å². The third kappa shape index (κ3) is 2.68. The first-order valence-corrected chi connectivity index (χ1v) is 7.52. The van der Waals surface area contributed by atoms with Crippen LogP contribution in [0.5, 0.6) is 0 Å². The quantitative estimate of drug-likeness (QED) is 0.794. The lowest BCUT2D eigenvalue weighted by Crippen LogP contribution is -2.02. The number of aromatic nitrogens is 2. The summed E-state index contributed by atoms with van der Waals surface area (Å²) in [5.74, 6) is 0. The molecule has 0 saturated heterocycles. The van der Waals surface area contributed by atoms with E-state index < -0.39 is 0 Å². The molecular formula is C19H21N3. The van der Waals surface area contributed by atoms with E-state index in [1.807, 2.05) is 4.68 Å². The molecule has 0 radical (unpaired) electrons. The Hall–Kier alpha value is -2.39. The summed E-state index contributed by atoms with van der Waals surface area (Å²) in [7, 11) is 0. The Labute approximate surface area is 131 Å². The van der Waals surface area contributed by atoms with Gasteiger partial charge in [0.25, 0.3) is 0 Å². The average molecular weight is 291 g/mol. The predicted octanol–water partition coefficient (Wildman–Crippen LogP) is 3.92. The highest BCUT2D eigenvalue weighted by Crippen LogP contribution is 2.25. The maximum Gasteiger partial charge on any atom is 0.0771 e. The first-order chi connectivity index (χ1) is 10.6. The molecule has 22 heavy (non-hydrogen) atoms. The third-order valence-electron chi connectivity index (χ3n) is 4.05. The molecule has 0 aliphatic heterocycles. The highest BCUT2D eigenvalue weighted by molar-refractivity contribution is 5.63. The van der Waals surface area contributed by atoms with Gasteiger partial charge >= 0.3 is 0 Å². The van der Waals surface area contributed by atoms with Crippen LogP contribution in [0.1, 0.15) is 22.4 Å². The number of aryl methyl sites for hydroxylation is 3. The topological polar surface area (TPSA) is 43.8 Å². The van der Waals surface area contributed by atoms with Crippen LogP contribution in [0.15, 0.2) is 48.5 Å². The molecule has 0 aliphatic rings. The molecule has 3 nitrogen and oxygen atoms in total. The molecule has 2 N–H and O–H groups in total. The third-order valence-corrected chi connectivity index (χ3v) is 4.05. The minimum atomic E-state index is 0.441. The van der Waals surface area contributed by atoms with Gasteiger partial charge in [-0.25, -0.2) is 4.68 Å². The lowest BCUT2D eigenvalue weighted by atomic mass is 10.1. The second kappa shape index (κ2) is 5.78. The van der Waals surface area contributed by atoms with Gasteiger partial charge in [0.2, 0.25) is 0 Å². The largest absolute Gasteiger partial charge is 0.325 e. The minimum absolute atomic E-state index is 0.441. The summed E-state index contributed by atoms with van der Waals surface area (Å²) >= 11 is 0. The van der Waals surface area contributed by atoms with Gasteiger partial charge in [-0.2, -0.15) is 5.10 Å². The van der Waals surface area contributed by atoms with Crippen LogP contribution in [0, 0.1) is 20.8 Å². The summed E-state index contributed by atoms with van der Waals surface area (Å²) in [4.78, 5) is 0. The average Bonchev–Trinajstić information content (AvgIpc) is 2.95. The van der Waals surface area contributed by atoms with E-state index in [1.165, 1.54) is 16.7 Å². The van der Waals surface area contributed by atoms with Gasteiger partial charge in [0.15, 0.2) is 0 Å². The monoisotopic (exact) mass is 291 g/mol. The van der Waals surface area contributed by atoms with E-state index in [4.69, 9.17) is 5.73 Å². The van der Waals surface area contributed by atoms with Crippen LogP contribution < -0.4 is 5.73 Å². The number of rotatable bonds is 3. The summed E-state index contributed by atoms with van der Waals surface area (Å²) in [6.07, 6.45) is 0. The Kier molecular flexibility index (Phi) is 3.82. The van der Waals surface area contributed by atoms with Crippen molar-refractivity contribution >= 4 is 0 Å². The van der Waals surface area contributed by atoms with E-state index in [2.05, 4.69) is 74.4 Å². The predicted molar refractivity (Wildman–Crippen MR) is 91.1 cm³/mol. The van der Waals surface area contributed by atoms with Gasteiger partial charge in [0, 0.05) is 12.1 Å². The van der Waals surface area contributed by atoms with Crippen molar-refractivity contribution in [1.29, 1.82) is 0 Å². The summed E-state index contributed by atoms with van der Waals surface area (Å²) in [6.45, 7) is 6.78. The molecule has 0 bridgehead atoms. The number of hydrogen-bond acceptors (Lipinski definition) is 2. The second-order valence-corrected chi connectivity index (χ2v) is 5.77. The molecular weight excluding hydrogens is 270 g/mol. The summed E-state index contributed by atoms with van der Waals surface area (Å²) in [6, 6.07) is 17.0. The number of hydrogen-bond donors (Lipinski definition) is 1. The van der Waals surface area contributed by atoms with E-state index in [-0.39, 0.29) is 0 Å². The molecule has 3 aromatic rings. The maximum atomic E-state index is 5.79. The zero-order chi connectivity index (χ0) is 15.7. The molecule has 0 spiro atoms. The van der Waals surface area contributed by atoms with E-state index in [1.54, 1.807) is 0 Å². The Balaban J connectivity index is 2.16. The highest BCUT2D eigenvalue weighted by atomic mass is 15.3. The normalized spacial score (nSPS) is 10.9.